The summed E-state index contributed by atoms with van der Waals surface area (Å²) in [5.74, 6) is -1.93. The highest BCUT2D eigenvalue weighted by Gasteiger charge is 2.48. The fraction of sp³-hybridized carbons (Fsp3) is 0.650. The van der Waals surface area contributed by atoms with Gasteiger partial charge in [-0.3, -0.25) is 0 Å². The van der Waals surface area contributed by atoms with E-state index in [-0.39, 0.29) is 24.8 Å². The minimum Gasteiger partial charge on any atom is -0.464 e. The average Bonchev–Trinajstić information content (AvgIpc) is 2.80. The molecular formula is C20H27ClF3NO3. The molecule has 0 saturated heterocycles. The van der Waals surface area contributed by atoms with E-state index in [1.807, 2.05) is 6.08 Å². The third-order valence-corrected chi connectivity index (χ3v) is 5.28. The van der Waals surface area contributed by atoms with Gasteiger partial charge in [0.2, 0.25) is 0 Å². The Morgan fingerprint density at radius 3 is 2.61 bits per heavy atom. The van der Waals surface area contributed by atoms with E-state index in [9.17, 15) is 18.0 Å². The van der Waals surface area contributed by atoms with Crippen LogP contribution in [0, 0.1) is 23.7 Å². The molecule has 4 atom stereocenters. The first-order chi connectivity index (χ1) is 12.9. The molecule has 2 rings (SSSR count). The second-order valence-corrected chi connectivity index (χ2v) is 8.48. The molecule has 0 bridgehead atoms. The van der Waals surface area contributed by atoms with Crippen LogP contribution in [0.1, 0.15) is 34.1 Å². The third kappa shape index (κ3) is 5.93. The van der Waals surface area contributed by atoms with Crippen molar-refractivity contribution >= 4 is 17.7 Å². The molecule has 8 heteroatoms. The molecule has 0 unspecified atom stereocenters. The van der Waals surface area contributed by atoms with Crippen molar-refractivity contribution in [2.24, 2.45) is 23.7 Å². The van der Waals surface area contributed by atoms with Gasteiger partial charge in [0.05, 0.1) is 12.5 Å². The van der Waals surface area contributed by atoms with E-state index in [1.54, 1.807) is 39.8 Å². The van der Waals surface area contributed by atoms with Gasteiger partial charge >= 0.3 is 12.3 Å². The lowest BCUT2D eigenvalue weighted by molar-refractivity contribution is -0.190. The van der Waals surface area contributed by atoms with Gasteiger partial charge in [-0.1, -0.05) is 19.1 Å². The maximum atomic E-state index is 13.5. The molecular weight excluding hydrogens is 395 g/mol. The standard InChI is InChI=1S/C20H27ClF3NO3/c1-12-15(10-21)14-7-5-6-13(11-25-18(26)28-19(2,3)4)27-17(14)9-8-16(12)20(22,23)24/h5-7,9,12,14-16H,8,10-11H2,1-4H3,(H,25,26)/t12-,14+,15+,16+/m0/s1. The van der Waals surface area contributed by atoms with Crippen molar-refractivity contribution in [2.45, 2.75) is 45.9 Å². The molecule has 1 N–H and O–H groups in total. The van der Waals surface area contributed by atoms with Gasteiger partial charge in [0.25, 0.3) is 0 Å². The minimum atomic E-state index is -4.30. The monoisotopic (exact) mass is 421 g/mol. The summed E-state index contributed by atoms with van der Waals surface area (Å²) in [4.78, 5) is 11.8. The Bertz CT molecular complexity index is 665. The van der Waals surface area contributed by atoms with Crippen molar-refractivity contribution < 1.29 is 27.4 Å². The minimum absolute atomic E-state index is 0.0626. The summed E-state index contributed by atoms with van der Waals surface area (Å²) >= 11 is 6.06. The van der Waals surface area contributed by atoms with Crippen molar-refractivity contribution in [3.8, 4) is 0 Å². The summed E-state index contributed by atoms with van der Waals surface area (Å²) < 4.78 is 51.4. The van der Waals surface area contributed by atoms with E-state index in [4.69, 9.17) is 21.1 Å². The number of ether oxygens (including phenoxy) is 2. The van der Waals surface area contributed by atoms with Gasteiger partial charge in [-0.15, -0.1) is 11.6 Å². The summed E-state index contributed by atoms with van der Waals surface area (Å²) in [6, 6.07) is 0. The number of halogens is 4. The van der Waals surface area contributed by atoms with Gasteiger partial charge in [-0.2, -0.15) is 13.2 Å². The van der Waals surface area contributed by atoms with E-state index in [1.165, 1.54) is 6.08 Å². The fourth-order valence-corrected chi connectivity index (χ4v) is 3.96. The lowest BCUT2D eigenvalue weighted by Gasteiger charge is -2.32. The topological polar surface area (TPSA) is 47.6 Å². The van der Waals surface area contributed by atoms with Crippen LogP contribution >= 0.6 is 11.6 Å². The molecule has 0 radical (unpaired) electrons. The van der Waals surface area contributed by atoms with Crippen molar-refractivity contribution in [2.75, 3.05) is 12.4 Å². The molecule has 1 aliphatic heterocycles. The average molecular weight is 422 g/mol. The zero-order chi connectivity index (χ0) is 21.1. The Labute approximate surface area is 168 Å². The normalized spacial score (nSPS) is 28.1. The van der Waals surface area contributed by atoms with E-state index in [0.717, 1.165) is 0 Å². The predicted molar refractivity (Wildman–Crippen MR) is 102 cm³/mol. The number of alkyl halides is 4. The Morgan fingerprint density at radius 2 is 2.04 bits per heavy atom. The van der Waals surface area contributed by atoms with Gasteiger partial charge in [-0.25, -0.2) is 4.79 Å². The molecule has 0 aromatic heterocycles. The number of carbonyl (C=O) groups is 1. The van der Waals surface area contributed by atoms with Crippen LogP contribution in [0.2, 0.25) is 0 Å². The number of hydrogen-bond acceptors (Lipinski definition) is 3. The number of nitrogens with one attached hydrogen (secondary N) is 1. The fourth-order valence-electron chi connectivity index (χ4n) is 3.48. The highest BCUT2D eigenvalue weighted by Crippen LogP contribution is 2.46. The van der Waals surface area contributed by atoms with Gasteiger partial charge in [0.1, 0.15) is 17.1 Å². The maximum absolute atomic E-state index is 13.5. The molecule has 0 spiro atoms. The quantitative estimate of drug-likeness (QED) is 0.607. The highest BCUT2D eigenvalue weighted by molar-refractivity contribution is 6.18. The molecule has 0 aromatic carbocycles. The molecule has 1 aliphatic carbocycles. The molecule has 2 aliphatic rings. The van der Waals surface area contributed by atoms with E-state index in [2.05, 4.69) is 5.32 Å². The summed E-state index contributed by atoms with van der Waals surface area (Å²) in [6.07, 6.45) is 1.68. The molecule has 4 nitrogen and oxygen atoms in total. The van der Waals surface area contributed by atoms with Crippen LogP contribution in [0.4, 0.5) is 18.0 Å². The van der Waals surface area contributed by atoms with E-state index >= 15 is 0 Å². The lowest BCUT2D eigenvalue weighted by atomic mass is 9.77. The van der Waals surface area contributed by atoms with Crippen molar-refractivity contribution in [1.29, 1.82) is 0 Å². The largest absolute Gasteiger partial charge is 0.464 e. The number of alkyl carbamates (subject to hydrolysis) is 1. The molecule has 28 heavy (non-hydrogen) atoms. The van der Waals surface area contributed by atoms with Gasteiger partial charge in [-0.05, 0) is 51.2 Å². The first kappa shape index (κ1) is 22.7. The Hall–Kier alpha value is -1.63. The number of carbonyl (C=O) groups excluding carboxylic acids is 1. The second-order valence-electron chi connectivity index (χ2n) is 8.17. The maximum Gasteiger partial charge on any atom is 0.408 e. The first-order valence-electron chi connectivity index (χ1n) is 9.27. The van der Waals surface area contributed by atoms with Crippen LogP contribution in [0.5, 0.6) is 0 Å². The summed E-state index contributed by atoms with van der Waals surface area (Å²) in [5.41, 5.74) is -0.631. The number of fused-ring (bicyclic) bond motifs is 1. The van der Waals surface area contributed by atoms with Crippen LogP contribution in [0.3, 0.4) is 0 Å². The highest BCUT2D eigenvalue weighted by atomic mass is 35.5. The number of amides is 1. The molecule has 0 saturated carbocycles. The van der Waals surface area contributed by atoms with Crippen LogP contribution in [0.25, 0.3) is 0 Å². The zero-order valence-corrected chi connectivity index (χ0v) is 17.2. The zero-order valence-electron chi connectivity index (χ0n) is 16.5. The lowest BCUT2D eigenvalue weighted by Crippen LogP contribution is -2.35. The summed E-state index contributed by atoms with van der Waals surface area (Å²) in [5, 5.41) is 2.59. The van der Waals surface area contributed by atoms with Crippen LogP contribution < -0.4 is 5.32 Å². The Kier molecular flexibility index (Phi) is 7.12. The van der Waals surface area contributed by atoms with E-state index < -0.39 is 35.6 Å². The Balaban J connectivity index is 2.13. The number of rotatable bonds is 3. The van der Waals surface area contributed by atoms with Gasteiger partial charge in [0.15, 0.2) is 0 Å². The third-order valence-electron chi connectivity index (χ3n) is 4.93. The summed E-state index contributed by atoms with van der Waals surface area (Å²) in [7, 11) is 0. The molecule has 0 aromatic rings. The molecule has 1 heterocycles. The van der Waals surface area contributed by atoms with Crippen molar-refractivity contribution in [3.05, 3.63) is 35.8 Å². The molecule has 0 fully saturated rings. The van der Waals surface area contributed by atoms with E-state index in [0.29, 0.717) is 11.5 Å². The summed E-state index contributed by atoms with van der Waals surface area (Å²) in [6.45, 7) is 6.92. The van der Waals surface area contributed by atoms with Crippen molar-refractivity contribution in [1.82, 2.24) is 5.32 Å². The van der Waals surface area contributed by atoms with Gasteiger partial charge < -0.3 is 14.8 Å². The van der Waals surface area contributed by atoms with Crippen LogP contribution in [0.15, 0.2) is 35.8 Å². The van der Waals surface area contributed by atoms with Crippen LogP contribution in [-0.2, 0) is 9.47 Å². The predicted octanol–water partition coefficient (Wildman–Crippen LogP) is 5.55. The Morgan fingerprint density at radius 1 is 1.36 bits per heavy atom. The second kappa shape index (κ2) is 8.80. The molecule has 158 valence electrons. The first-order valence-corrected chi connectivity index (χ1v) is 9.80. The van der Waals surface area contributed by atoms with Gasteiger partial charge in [0, 0.05) is 11.8 Å². The number of hydrogen-bond donors (Lipinski definition) is 1. The smallest absolute Gasteiger partial charge is 0.408 e. The van der Waals surface area contributed by atoms with Crippen LogP contribution in [-0.4, -0.2) is 30.3 Å². The number of allylic oxidation sites excluding steroid dienone is 4. The SMILES string of the molecule is C[C@H]1[C@@H](CCl)[C@H]2C=CC=C(CNC(=O)OC(C)(C)C)OC2=CC[C@H]1C(F)(F)F. The molecule has 1 amide bonds. The van der Waals surface area contributed by atoms with Crippen molar-refractivity contribution in [3.63, 3.8) is 0 Å².